The van der Waals surface area contributed by atoms with E-state index < -0.39 is 23.7 Å². The van der Waals surface area contributed by atoms with Gasteiger partial charge in [0.1, 0.15) is 11.6 Å². The largest absolute Gasteiger partial charge is 0.481 e. The second-order valence-corrected chi connectivity index (χ2v) is 16.5. The minimum absolute atomic E-state index is 0.0855. The monoisotopic (exact) mass is 816 g/mol. The lowest BCUT2D eigenvalue weighted by molar-refractivity contribution is -0.138. The van der Waals surface area contributed by atoms with E-state index in [4.69, 9.17) is 9.84 Å². The number of carboxylic acids is 1. The van der Waals surface area contributed by atoms with Crippen LogP contribution in [0.2, 0.25) is 0 Å². The van der Waals surface area contributed by atoms with Crippen LogP contribution in [0.15, 0.2) is 110 Å². The summed E-state index contributed by atoms with van der Waals surface area (Å²) in [5.74, 6) is -1.36. The number of benzene rings is 5. The van der Waals surface area contributed by atoms with E-state index in [-0.39, 0.29) is 18.2 Å². The standard InChI is InChI=1S/C32H34N2O3.C19H18N2O3/c1-32(2,3)37-31(36)34-20-22-10-8-21(9-11-22)19-33-30(35)25-14-15-27-24(18-25)13-17-28-26-7-5-4-6-23(26)12-16-29(27)28;1-2-13-7-4-6-10-17(13)21-12-14-8-3-5-9-15(14)20-16(19(21)24)11-18(22)23/h6,8-16,18H,4-5,7,17,19-20H2,1-3H3,(H,33,35)(H,34,36);2-10,16,20H,1,11-12H2,(H,22,23). The fourth-order valence-corrected chi connectivity index (χ4v) is 8.00. The number of carbonyl (C=O) groups excluding carboxylic acids is 3. The number of amides is 3. The molecule has 0 radical (unpaired) electrons. The van der Waals surface area contributed by atoms with E-state index in [2.05, 4.69) is 52.9 Å². The lowest BCUT2D eigenvalue weighted by Crippen LogP contribution is -2.42. The highest BCUT2D eigenvalue weighted by molar-refractivity contribution is 6.03. The molecule has 10 nitrogen and oxygen atoms in total. The van der Waals surface area contributed by atoms with Crippen molar-refractivity contribution in [3.63, 3.8) is 0 Å². The zero-order valence-electron chi connectivity index (χ0n) is 34.9. The molecule has 5 aromatic carbocycles. The lowest BCUT2D eigenvalue weighted by atomic mass is 9.88. The maximum absolute atomic E-state index is 13.0. The van der Waals surface area contributed by atoms with Gasteiger partial charge in [-0.2, -0.15) is 0 Å². The molecule has 0 fully saturated rings. The Hall–Kier alpha value is -6.94. The molecular formula is C51H52N4O6. The number of ether oxygens (including phenoxy) is 1. The summed E-state index contributed by atoms with van der Waals surface area (Å²) in [5.41, 5.74) is 8.34. The van der Waals surface area contributed by atoms with Crippen molar-refractivity contribution in [1.29, 1.82) is 0 Å². The van der Waals surface area contributed by atoms with Gasteiger partial charge in [0.15, 0.2) is 0 Å². The molecule has 5 aromatic rings. The number of anilines is 2. The number of carboxylic acid groups (broad SMARTS) is 1. The molecule has 1 aliphatic heterocycles. The molecule has 3 amide bonds. The number of hydrogen-bond acceptors (Lipinski definition) is 6. The first-order valence-corrected chi connectivity index (χ1v) is 20.7. The van der Waals surface area contributed by atoms with Crippen LogP contribution < -0.4 is 31.3 Å². The molecule has 1 atom stereocenters. The number of carbonyl (C=O) groups is 4. The predicted octanol–water partition coefficient (Wildman–Crippen LogP) is 7.51. The maximum atomic E-state index is 13.0. The highest BCUT2D eigenvalue weighted by atomic mass is 16.6. The number of fused-ring (bicyclic) bond motifs is 5. The number of nitrogens with one attached hydrogen (secondary N) is 3. The van der Waals surface area contributed by atoms with Crippen LogP contribution in [0.5, 0.6) is 0 Å². The first kappa shape index (κ1) is 42.2. The van der Waals surface area contributed by atoms with Crippen LogP contribution in [0.4, 0.5) is 16.2 Å². The maximum Gasteiger partial charge on any atom is 0.407 e. The molecule has 1 heterocycles. The van der Waals surface area contributed by atoms with Gasteiger partial charge in [-0.1, -0.05) is 104 Å². The van der Waals surface area contributed by atoms with Crippen LogP contribution in [-0.4, -0.2) is 40.6 Å². The Morgan fingerprint density at radius 2 is 1.56 bits per heavy atom. The van der Waals surface area contributed by atoms with Crippen LogP contribution in [0, 0.1) is 10.4 Å². The predicted molar refractivity (Wildman–Crippen MR) is 240 cm³/mol. The molecule has 0 spiro atoms. The Kier molecular flexibility index (Phi) is 12.8. The van der Waals surface area contributed by atoms with Gasteiger partial charge in [-0.05, 0) is 125 Å². The van der Waals surface area contributed by atoms with Crippen molar-refractivity contribution in [2.45, 2.75) is 84.2 Å². The molecule has 0 bridgehead atoms. The SMILES string of the molecule is C=Cc1ccccc1N1Cc2ccccc2NC(CC(=O)O)C1=O.CC(C)(C)OC(=O)NCc1ccc(CNC(=O)c2ccc3c(c2)=CCc2c4c(ccc2=3)=CCCC4)cc1. The van der Waals surface area contributed by atoms with Gasteiger partial charge in [-0.15, -0.1) is 0 Å². The number of alkyl carbamates (subject to hydrolysis) is 1. The smallest absolute Gasteiger partial charge is 0.407 e. The van der Waals surface area contributed by atoms with Gasteiger partial charge < -0.3 is 30.7 Å². The van der Waals surface area contributed by atoms with E-state index in [1.807, 2.05) is 106 Å². The van der Waals surface area contributed by atoms with Gasteiger partial charge in [-0.25, -0.2) is 4.79 Å². The highest BCUT2D eigenvalue weighted by Gasteiger charge is 2.32. The van der Waals surface area contributed by atoms with Gasteiger partial charge in [-0.3, -0.25) is 14.4 Å². The van der Waals surface area contributed by atoms with Crippen molar-refractivity contribution in [3.05, 3.63) is 170 Å². The van der Waals surface area contributed by atoms with Crippen molar-refractivity contribution in [2.24, 2.45) is 0 Å². The Balaban J connectivity index is 0.000000202. The molecule has 3 aliphatic rings. The van der Waals surface area contributed by atoms with E-state index in [1.165, 1.54) is 39.6 Å². The quantitative estimate of drug-likeness (QED) is 0.121. The number of aliphatic carboxylic acids is 1. The van der Waals surface area contributed by atoms with Crippen molar-refractivity contribution in [2.75, 3.05) is 10.2 Å². The van der Waals surface area contributed by atoms with Crippen LogP contribution in [0.3, 0.4) is 0 Å². The van der Waals surface area contributed by atoms with E-state index in [0.717, 1.165) is 51.7 Å². The van der Waals surface area contributed by atoms with Gasteiger partial charge in [0.05, 0.1) is 18.7 Å². The molecule has 8 rings (SSSR count). The van der Waals surface area contributed by atoms with Crippen molar-refractivity contribution in [1.82, 2.24) is 10.6 Å². The van der Waals surface area contributed by atoms with Gasteiger partial charge in [0.2, 0.25) is 5.91 Å². The van der Waals surface area contributed by atoms with E-state index in [9.17, 15) is 19.2 Å². The normalized spacial score (nSPS) is 14.9. The summed E-state index contributed by atoms with van der Waals surface area (Å²) in [4.78, 5) is 50.5. The molecule has 61 heavy (non-hydrogen) atoms. The average molecular weight is 817 g/mol. The first-order valence-electron chi connectivity index (χ1n) is 20.7. The molecule has 0 aromatic heterocycles. The molecule has 0 saturated carbocycles. The molecule has 2 aliphatic carbocycles. The summed E-state index contributed by atoms with van der Waals surface area (Å²) in [6.45, 7) is 10.5. The summed E-state index contributed by atoms with van der Waals surface area (Å²) in [6, 6.07) is 32.5. The molecule has 312 valence electrons. The number of para-hydroxylation sites is 2. The minimum Gasteiger partial charge on any atom is -0.481 e. The van der Waals surface area contributed by atoms with Gasteiger partial charge in [0, 0.05) is 24.3 Å². The minimum atomic E-state index is -1.02. The Bertz CT molecular complexity index is 2720. The first-order chi connectivity index (χ1) is 29.4. The van der Waals surface area contributed by atoms with Crippen LogP contribution in [-0.2, 0) is 46.8 Å². The van der Waals surface area contributed by atoms with E-state index >= 15 is 0 Å². The summed E-state index contributed by atoms with van der Waals surface area (Å²) in [6.07, 6.45) is 10.1. The number of rotatable bonds is 9. The molecular weight excluding hydrogens is 765 g/mol. The van der Waals surface area contributed by atoms with E-state index in [1.54, 1.807) is 11.0 Å². The third kappa shape index (κ3) is 10.3. The third-order valence-electron chi connectivity index (χ3n) is 11.0. The lowest BCUT2D eigenvalue weighted by Gasteiger charge is -2.25. The van der Waals surface area contributed by atoms with E-state index in [0.29, 0.717) is 25.2 Å². The molecule has 1 unspecified atom stereocenters. The van der Waals surface area contributed by atoms with Gasteiger partial charge in [0.25, 0.3) is 5.91 Å². The van der Waals surface area contributed by atoms with Crippen molar-refractivity contribution >= 4 is 53.5 Å². The van der Waals surface area contributed by atoms with Crippen LogP contribution >= 0.6 is 0 Å². The Labute approximate surface area is 356 Å². The summed E-state index contributed by atoms with van der Waals surface area (Å²) >= 11 is 0. The Morgan fingerprint density at radius 3 is 2.30 bits per heavy atom. The second-order valence-electron chi connectivity index (χ2n) is 16.5. The zero-order valence-corrected chi connectivity index (χ0v) is 34.9. The van der Waals surface area contributed by atoms with Crippen molar-refractivity contribution < 1.29 is 29.0 Å². The van der Waals surface area contributed by atoms with Gasteiger partial charge >= 0.3 is 12.1 Å². The van der Waals surface area contributed by atoms with Crippen LogP contribution in [0.25, 0.3) is 18.2 Å². The molecule has 10 heteroatoms. The fraction of sp³-hybridized carbons (Fsp3) is 0.255. The van der Waals surface area contributed by atoms with Crippen molar-refractivity contribution in [3.8, 4) is 0 Å². The third-order valence-corrected chi connectivity index (χ3v) is 11.0. The van der Waals surface area contributed by atoms with Crippen LogP contribution in [0.1, 0.15) is 83.8 Å². The summed E-state index contributed by atoms with van der Waals surface area (Å²) in [5, 5.41) is 23.1. The fourth-order valence-electron chi connectivity index (χ4n) is 8.00. The number of nitrogens with zero attached hydrogens (tertiary/aromatic N) is 1. The zero-order chi connectivity index (χ0) is 43.1. The summed E-state index contributed by atoms with van der Waals surface area (Å²) < 4.78 is 5.26. The summed E-state index contributed by atoms with van der Waals surface area (Å²) in [7, 11) is 0. The second kappa shape index (κ2) is 18.5. The number of hydrogen-bond donors (Lipinski definition) is 4. The highest BCUT2D eigenvalue weighted by Crippen LogP contribution is 2.30. The molecule has 4 N–H and O–H groups in total. The Morgan fingerprint density at radius 1 is 0.852 bits per heavy atom. The molecule has 0 saturated heterocycles. The topological polar surface area (TPSA) is 137 Å². The average Bonchev–Trinajstić information content (AvgIpc) is 3.39.